The van der Waals surface area contributed by atoms with Crippen LogP contribution in [0.15, 0.2) is 73.3 Å². The van der Waals surface area contributed by atoms with E-state index in [0.717, 1.165) is 11.1 Å². The molecule has 1 saturated heterocycles. The number of rotatable bonds is 4. The number of nitrogens with zero attached hydrogens (tertiary/aromatic N) is 1. The van der Waals surface area contributed by atoms with Crippen molar-refractivity contribution in [2.24, 2.45) is 5.92 Å². The zero-order chi connectivity index (χ0) is 18.3. The van der Waals surface area contributed by atoms with Gasteiger partial charge in [0.15, 0.2) is 6.10 Å². The molecule has 2 aliphatic rings. The van der Waals surface area contributed by atoms with Crippen LogP contribution in [0.5, 0.6) is 0 Å². The Kier molecular flexibility index (Phi) is 4.08. The van der Waals surface area contributed by atoms with E-state index in [0.29, 0.717) is 6.42 Å². The Morgan fingerprint density at radius 3 is 2.23 bits per heavy atom. The predicted molar refractivity (Wildman–Crippen MR) is 99.4 cm³/mol. The molecule has 1 amide bonds. The van der Waals surface area contributed by atoms with Gasteiger partial charge in [-0.3, -0.25) is 4.90 Å². The maximum Gasteiger partial charge on any atom is 0.411 e. The van der Waals surface area contributed by atoms with Crippen LogP contribution in [-0.2, 0) is 4.74 Å². The van der Waals surface area contributed by atoms with Gasteiger partial charge in [-0.15, -0.1) is 6.58 Å². The summed E-state index contributed by atoms with van der Waals surface area (Å²) in [5, 5.41) is 10.5. The first-order chi connectivity index (χ1) is 12.5. The molecule has 0 spiro atoms. The molecule has 1 N–H and O–H groups in total. The lowest BCUT2D eigenvalue weighted by Crippen LogP contribution is -2.62. The van der Waals surface area contributed by atoms with Gasteiger partial charge in [-0.25, -0.2) is 4.79 Å². The highest BCUT2D eigenvalue weighted by Gasteiger charge is 2.57. The second-order valence-corrected chi connectivity index (χ2v) is 7.23. The van der Waals surface area contributed by atoms with Gasteiger partial charge < -0.3 is 9.84 Å². The molecule has 0 aromatic heterocycles. The molecule has 4 heteroatoms. The van der Waals surface area contributed by atoms with Crippen molar-refractivity contribution in [1.82, 2.24) is 4.90 Å². The van der Waals surface area contributed by atoms with Crippen LogP contribution in [0.3, 0.4) is 0 Å². The lowest BCUT2D eigenvalue weighted by atomic mass is 9.65. The number of ether oxygens (including phenoxy) is 1. The molecule has 134 valence electrons. The maximum absolute atomic E-state index is 12.8. The number of carbonyl (C=O) groups excluding carboxylic acids is 1. The maximum atomic E-state index is 12.8. The third-order valence-electron chi connectivity index (χ3n) is 5.91. The Morgan fingerprint density at radius 2 is 1.69 bits per heavy atom. The average Bonchev–Trinajstić information content (AvgIpc) is 3.03. The monoisotopic (exact) mass is 349 g/mol. The molecular formula is C22H23NO3. The molecule has 1 aliphatic heterocycles. The van der Waals surface area contributed by atoms with Gasteiger partial charge in [0, 0.05) is 18.4 Å². The smallest absolute Gasteiger partial charge is 0.411 e. The van der Waals surface area contributed by atoms with Crippen LogP contribution in [0, 0.1) is 5.92 Å². The topological polar surface area (TPSA) is 49.8 Å². The number of aliphatic hydroxyl groups is 1. The molecule has 1 heterocycles. The molecule has 2 aromatic carbocycles. The molecule has 26 heavy (non-hydrogen) atoms. The third-order valence-corrected chi connectivity index (χ3v) is 5.91. The fourth-order valence-corrected chi connectivity index (χ4v) is 4.19. The van der Waals surface area contributed by atoms with E-state index in [1.165, 1.54) is 0 Å². The van der Waals surface area contributed by atoms with E-state index in [-0.39, 0.29) is 30.2 Å². The van der Waals surface area contributed by atoms with Gasteiger partial charge in [-0.05, 0) is 11.1 Å². The van der Waals surface area contributed by atoms with E-state index in [1.54, 1.807) is 6.08 Å². The molecule has 4 nitrogen and oxygen atoms in total. The highest BCUT2D eigenvalue weighted by Crippen LogP contribution is 2.51. The Balaban J connectivity index is 1.73. The van der Waals surface area contributed by atoms with Crippen molar-refractivity contribution in [2.75, 3.05) is 0 Å². The molecule has 5 atom stereocenters. The summed E-state index contributed by atoms with van der Waals surface area (Å²) in [5.41, 5.74) is 1.09. The van der Waals surface area contributed by atoms with Crippen LogP contribution < -0.4 is 0 Å². The lowest BCUT2D eigenvalue weighted by Gasteiger charge is -2.52. The lowest BCUT2D eigenvalue weighted by molar-refractivity contribution is -0.104. The Morgan fingerprint density at radius 1 is 1.12 bits per heavy atom. The minimum atomic E-state index is -0.920. The zero-order valence-electron chi connectivity index (χ0n) is 14.8. The zero-order valence-corrected chi connectivity index (χ0v) is 14.8. The first-order valence-electron chi connectivity index (χ1n) is 9.00. The second kappa shape index (κ2) is 6.29. The van der Waals surface area contributed by atoms with E-state index < -0.39 is 5.60 Å². The van der Waals surface area contributed by atoms with Gasteiger partial charge in [0.1, 0.15) is 6.04 Å². The molecule has 1 aliphatic carbocycles. The number of hydrogen-bond donors (Lipinski definition) is 1. The Bertz CT molecular complexity index is 807. The second-order valence-electron chi connectivity index (χ2n) is 7.23. The molecule has 0 unspecified atom stereocenters. The van der Waals surface area contributed by atoms with Gasteiger partial charge >= 0.3 is 6.09 Å². The van der Waals surface area contributed by atoms with E-state index in [1.807, 2.05) is 72.5 Å². The molecule has 2 fully saturated rings. The third kappa shape index (κ3) is 2.53. The summed E-state index contributed by atoms with van der Waals surface area (Å²) in [5.74, 6) is -0.0896. The number of amides is 1. The van der Waals surface area contributed by atoms with Crippen LogP contribution in [-0.4, -0.2) is 27.7 Å². The quantitative estimate of drug-likeness (QED) is 0.840. The van der Waals surface area contributed by atoms with Gasteiger partial charge in [-0.2, -0.15) is 0 Å². The number of carbonyl (C=O) groups is 1. The molecular weight excluding hydrogens is 326 g/mol. The summed E-state index contributed by atoms with van der Waals surface area (Å²) in [6.07, 6.45) is 1.38. The number of cyclic esters (lactones) is 1. The molecule has 0 radical (unpaired) electrons. The van der Waals surface area contributed by atoms with Gasteiger partial charge in [-0.1, -0.05) is 73.7 Å². The van der Waals surface area contributed by atoms with Gasteiger partial charge in [0.05, 0.1) is 5.60 Å². The van der Waals surface area contributed by atoms with Crippen molar-refractivity contribution in [3.63, 3.8) is 0 Å². The standard InChI is InChI=1S/C22H23NO3/c1-3-22(25)14-18(15(22)2)23-19(16-10-6-4-7-11-16)20(26-21(23)24)17-12-8-5-9-13-17/h3-13,15,18-20,25H,1,14H2,2H3/t15-,18+,19-,20+,22-/m1/s1. The fourth-order valence-electron chi connectivity index (χ4n) is 4.19. The highest BCUT2D eigenvalue weighted by molar-refractivity contribution is 5.72. The minimum absolute atomic E-state index is 0.0792. The van der Waals surface area contributed by atoms with Crippen LogP contribution >= 0.6 is 0 Å². The summed E-state index contributed by atoms with van der Waals surface area (Å²) >= 11 is 0. The largest absolute Gasteiger partial charge is 0.439 e. The van der Waals surface area contributed by atoms with Crippen molar-refractivity contribution in [2.45, 2.75) is 37.1 Å². The van der Waals surface area contributed by atoms with Crippen LogP contribution in [0.4, 0.5) is 4.79 Å². The fraction of sp³-hybridized carbons (Fsp3) is 0.318. The van der Waals surface area contributed by atoms with Crippen molar-refractivity contribution < 1.29 is 14.6 Å². The Hall–Kier alpha value is -2.59. The van der Waals surface area contributed by atoms with E-state index >= 15 is 0 Å². The summed E-state index contributed by atoms with van der Waals surface area (Å²) in [4.78, 5) is 14.6. The predicted octanol–water partition coefficient (Wildman–Crippen LogP) is 4.25. The van der Waals surface area contributed by atoms with Crippen LogP contribution in [0.1, 0.15) is 36.6 Å². The molecule has 2 aromatic rings. The summed E-state index contributed by atoms with van der Waals surface area (Å²) in [7, 11) is 0. The van der Waals surface area contributed by atoms with Gasteiger partial charge in [0.2, 0.25) is 0 Å². The molecule has 0 bridgehead atoms. The molecule has 4 rings (SSSR count). The van der Waals surface area contributed by atoms with E-state index in [4.69, 9.17) is 4.74 Å². The van der Waals surface area contributed by atoms with Crippen molar-refractivity contribution in [1.29, 1.82) is 0 Å². The first-order valence-corrected chi connectivity index (χ1v) is 9.00. The molecule has 1 saturated carbocycles. The highest BCUT2D eigenvalue weighted by atomic mass is 16.6. The average molecular weight is 349 g/mol. The van der Waals surface area contributed by atoms with Crippen LogP contribution in [0.25, 0.3) is 0 Å². The van der Waals surface area contributed by atoms with Crippen molar-refractivity contribution in [3.05, 3.63) is 84.4 Å². The number of benzene rings is 2. The van der Waals surface area contributed by atoms with Crippen LogP contribution in [0.2, 0.25) is 0 Å². The van der Waals surface area contributed by atoms with Crippen molar-refractivity contribution in [3.8, 4) is 0 Å². The van der Waals surface area contributed by atoms with E-state index in [2.05, 4.69) is 6.58 Å². The van der Waals surface area contributed by atoms with Crippen molar-refractivity contribution >= 4 is 6.09 Å². The first kappa shape index (κ1) is 16.9. The minimum Gasteiger partial charge on any atom is -0.439 e. The van der Waals surface area contributed by atoms with E-state index in [9.17, 15) is 9.90 Å². The Labute approximate surface area is 153 Å². The van der Waals surface area contributed by atoms with Gasteiger partial charge in [0.25, 0.3) is 0 Å². The summed E-state index contributed by atoms with van der Waals surface area (Å²) < 4.78 is 5.81. The summed E-state index contributed by atoms with van der Waals surface area (Å²) in [6.45, 7) is 5.70. The SMILES string of the molecule is C=C[C@@]1(O)C[C@H](N2C(=O)O[C@@H](c3ccccc3)[C@H]2c2ccccc2)[C@H]1C. The number of hydrogen-bond acceptors (Lipinski definition) is 3. The normalized spacial score (nSPS) is 33.5. The summed E-state index contributed by atoms with van der Waals surface area (Å²) in [6, 6.07) is 19.5.